The average molecular weight is 172 g/mol. The van der Waals surface area contributed by atoms with E-state index in [1.165, 1.54) is 0 Å². The first-order valence-corrected chi connectivity index (χ1v) is 4.42. The van der Waals surface area contributed by atoms with Gasteiger partial charge in [0.1, 0.15) is 0 Å². The molecule has 2 N–H and O–H groups in total. The molecule has 1 aliphatic heterocycles. The van der Waals surface area contributed by atoms with E-state index < -0.39 is 0 Å². The lowest BCUT2D eigenvalue weighted by Crippen LogP contribution is -2.51. The van der Waals surface area contributed by atoms with Gasteiger partial charge < -0.3 is 10.6 Å². The first kappa shape index (κ1) is 9.96. The predicted molar refractivity (Wildman–Crippen MR) is 49.6 cm³/mol. The number of nitrogens with two attached hydrogens (primary N) is 1. The third-order valence-corrected chi connectivity index (χ3v) is 2.88. The largest absolute Gasteiger partial charge is 0.326 e. The van der Waals surface area contributed by atoms with Crippen LogP contribution < -0.4 is 5.73 Å². The Kier molecular flexibility index (Phi) is 2.23. The van der Waals surface area contributed by atoms with E-state index in [9.17, 15) is 0 Å². The summed E-state index contributed by atoms with van der Waals surface area (Å²) in [6.07, 6.45) is 0.980. The predicted octanol–water partition coefficient (Wildman–Crippen LogP) is 1.14. The molecule has 1 unspecified atom stereocenters. The van der Waals surface area contributed by atoms with Gasteiger partial charge in [-0.05, 0) is 34.1 Å². The summed E-state index contributed by atoms with van der Waals surface area (Å²) in [7, 11) is 1.71. The molecule has 0 spiro atoms. The van der Waals surface area contributed by atoms with Crippen LogP contribution in [-0.2, 0) is 4.84 Å². The molecule has 3 nitrogen and oxygen atoms in total. The highest BCUT2D eigenvalue weighted by atomic mass is 16.7. The van der Waals surface area contributed by atoms with Crippen LogP contribution in [0.5, 0.6) is 0 Å². The Morgan fingerprint density at radius 3 is 2.00 bits per heavy atom. The average Bonchev–Trinajstić information content (AvgIpc) is 1.99. The molecular formula is C9H20N2O. The molecule has 0 radical (unpaired) electrons. The van der Waals surface area contributed by atoms with Gasteiger partial charge in [-0.15, -0.1) is 0 Å². The summed E-state index contributed by atoms with van der Waals surface area (Å²) in [5.74, 6) is 0. The zero-order valence-electron chi connectivity index (χ0n) is 8.72. The Hall–Kier alpha value is -0.120. The van der Waals surface area contributed by atoms with E-state index in [0.717, 1.165) is 6.42 Å². The number of hydroxylamine groups is 2. The monoisotopic (exact) mass is 172 g/mol. The van der Waals surface area contributed by atoms with Crippen LogP contribution in [0.2, 0.25) is 0 Å². The smallest absolute Gasteiger partial charge is 0.0575 e. The molecule has 1 fully saturated rings. The molecule has 0 aromatic heterocycles. The molecule has 0 saturated carbocycles. The fraction of sp³-hybridized carbons (Fsp3) is 1.00. The summed E-state index contributed by atoms with van der Waals surface area (Å²) in [6, 6.07) is 0.187. The molecule has 1 rings (SSSR count). The summed E-state index contributed by atoms with van der Waals surface area (Å²) in [4.78, 5) is 5.37. The topological polar surface area (TPSA) is 38.5 Å². The summed E-state index contributed by atoms with van der Waals surface area (Å²) >= 11 is 0. The maximum Gasteiger partial charge on any atom is 0.0575 e. The van der Waals surface area contributed by atoms with E-state index in [2.05, 4.69) is 27.7 Å². The second-order valence-electron chi connectivity index (χ2n) is 4.75. The van der Waals surface area contributed by atoms with Gasteiger partial charge in [-0.3, -0.25) is 0 Å². The third-order valence-electron chi connectivity index (χ3n) is 2.88. The van der Waals surface area contributed by atoms with Crippen LogP contribution in [0.1, 0.15) is 34.1 Å². The van der Waals surface area contributed by atoms with Crippen molar-refractivity contribution < 1.29 is 4.84 Å². The fourth-order valence-corrected chi connectivity index (χ4v) is 2.28. The normalized spacial score (nSPS) is 34.0. The van der Waals surface area contributed by atoms with Crippen LogP contribution in [-0.4, -0.2) is 29.3 Å². The Bertz CT molecular complexity index is 177. The van der Waals surface area contributed by atoms with Crippen molar-refractivity contribution in [2.24, 2.45) is 5.73 Å². The van der Waals surface area contributed by atoms with Crippen LogP contribution >= 0.6 is 0 Å². The molecule has 1 saturated heterocycles. The van der Waals surface area contributed by atoms with Crippen molar-refractivity contribution >= 4 is 0 Å². The molecule has 0 aliphatic carbocycles. The van der Waals surface area contributed by atoms with E-state index in [1.54, 1.807) is 7.11 Å². The highest BCUT2D eigenvalue weighted by Crippen LogP contribution is 2.39. The molecular weight excluding hydrogens is 152 g/mol. The molecule has 12 heavy (non-hydrogen) atoms. The molecule has 3 heteroatoms. The molecule has 72 valence electrons. The second kappa shape index (κ2) is 2.69. The van der Waals surface area contributed by atoms with E-state index in [-0.39, 0.29) is 17.1 Å². The summed E-state index contributed by atoms with van der Waals surface area (Å²) in [6.45, 7) is 8.56. The van der Waals surface area contributed by atoms with Crippen LogP contribution in [0, 0.1) is 0 Å². The van der Waals surface area contributed by atoms with E-state index in [4.69, 9.17) is 10.6 Å². The van der Waals surface area contributed by atoms with Crippen molar-refractivity contribution in [2.45, 2.75) is 51.2 Å². The first-order chi connectivity index (χ1) is 5.32. The standard InChI is InChI=1S/C9H20N2O/c1-8(2)6-7(10)9(3,4)11(8)12-5/h7H,6,10H2,1-5H3. The summed E-state index contributed by atoms with van der Waals surface area (Å²) in [5.41, 5.74) is 6.03. The number of hydrogen-bond donors (Lipinski definition) is 1. The zero-order chi connectivity index (χ0) is 9.57. The van der Waals surface area contributed by atoms with Crippen LogP contribution in [0.15, 0.2) is 0 Å². The van der Waals surface area contributed by atoms with Crippen molar-refractivity contribution in [2.75, 3.05) is 7.11 Å². The van der Waals surface area contributed by atoms with Crippen molar-refractivity contribution in [3.05, 3.63) is 0 Å². The lowest BCUT2D eigenvalue weighted by Gasteiger charge is -2.38. The number of hydrogen-bond acceptors (Lipinski definition) is 3. The molecule has 1 atom stereocenters. The van der Waals surface area contributed by atoms with Gasteiger partial charge >= 0.3 is 0 Å². The van der Waals surface area contributed by atoms with Gasteiger partial charge in [-0.2, -0.15) is 5.06 Å². The van der Waals surface area contributed by atoms with Gasteiger partial charge in [0, 0.05) is 11.6 Å². The SMILES string of the molecule is CON1C(C)(C)CC(N)C1(C)C. The first-order valence-electron chi connectivity index (χ1n) is 4.42. The van der Waals surface area contributed by atoms with E-state index in [0.29, 0.717) is 0 Å². The Morgan fingerprint density at radius 2 is 1.83 bits per heavy atom. The lowest BCUT2D eigenvalue weighted by atomic mass is 9.95. The van der Waals surface area contributed by atoms with Crippen LogP contribution in [0.25, 0.3) is 0 Å². The van der Waals surface area contributed by atoms with Gasteiger partial charge in [0.25, 0.3) is 0 Å². The van der Waals surface area contributed by atoms with Crippen molar-refractivity contribution in [1.29, 1.82) is 0 Å². The summed E-state index contributed by atoms with van der Waals surface area (Å²) < 4.78 is 0. The van der Waals surface area contributed by atoms with Gasteiger partial charge in [-0.25, -0.2) is 0 Å². The fourth-order valence-electron chi connectivity index (χ4n) is 2.28. The lowest BCUT2D eigenvalue weighted by molar-refractivity contribution is -0.220. The van der Waals surface area contributed by atoms with E-state index in [1.807, 2.05) is 5.06 Å². The number of rotatable bonds is 1. The molecule has 1 heterocycles. The maximum absolute atomic E-state index is 6.03. The minimum Gasteiger partial charge on any atom is -0.326 e. The van der Waals surface area contributed by atoms with Crippen LogP contribution in [0.3, 0.4) is 0 Å². The molecule has 0 aromatic rings. The minimum absolute atomic E-state index is 0.0532. The Balaban J connectivity index is 2.92. The summed E-state index contributed by atoms with van der Waals surface area (Å²) in [5, 5.41) is 2.00. The highest BCUT2D eigenvalue weighted by Gasteiger charge is 2.50. The van der Waals surface area contributed by atoms with E-state index >= 15 is 0 Å². The van der Waals surface area contributed by atoms with Crippen LogP contribution in [0.4, 0.5) is 0 Å². The molecule has 1 aliphatic rings. The van der Waals surface area contributed by atoms with Crippen molar-refractivity contribution in [1.82, 2.24) is 5.06 Å². The molecule has 0 bridgehead atoms. The highest BCUT2D eigenvalue weighted by molar-refractivity contribution is 5.04. The van der Waals surface area contributed by atoms with Gasteiger partial charge in [0.15, 0.2) is 0 Å². The van der Waals surface area contributed by atoms with Crippen molar-refractivity contribution in [3.63, 3.8) is 0 Å². The van der Waals surface area contributed by atoms with Gasteiger partial charge in [-0.1, -0.05) is 0 Å². The minimum atomic E-state index is -0.0573. The van der Waals surface area contributed by atoms with Crippen molar-refractivity contribution in [3.8, 4) is 0 Å². The third kappa shape index (κ3) is 1.26. The Labute approximate surface area is 74.8 Å². The van der Waals surface area contributed by atoms with Gasteiger partial charge in [0.2, 0.25) is 0 Å². The second-order valence-corrected chi connectivity index (χ2v) is 4.75. The number of nitrogens with zero attached hydrogens (tertiary/aromatic N) is 1. The zero-order valence-corrected chi connectivity index (χ0v) is 8.72. The Morgan fingerprint density at radius 1 is 1.33 bits per heavy atom. The quantitative estimate of drug-likeness (QED) is 0.644. The maximum atomic E-state index is 6.03. The molecule has 0 amide bonds. The van der Waals surface area contributed by atoms with Gasteiger partial charge in [0.05, 0.1) is 12.6 Å². The molecule has 0 aromatic carbocycles.